The van der Waals surface area contributed by atoms with E-state index in [1.807, 2.05) is 121 Å². The molecule has 0 saturated carbocycles. The molecule has 0 aliphatic carbocycles. The standard InChI is InChI=1S/2C12H10NS.4FH.W/c2*13-14(11-7-3-1-4-8-11)12-9-5-2-6-10-12;;;;;/h2*1-10H;4*1H;/q2*-1;;;;;+4/p-4. The first-order valence-electron chi connectivity index (χ1n) is 9.44. The van der Waals surface area contributed by atoms with Gasteiger partial charge in [0.2, 0.25) is 0 Å². The number of benzene rings is 4. The van der Waals surface area contributed by atoms with Gasteiger partial charge in [-0.15, -0.1) is 0 Å². The van der Waals surface area contributed by atoms with Crippen molar-refractivity contribution in [3.8, 4) is 0 Å². The van der Waals surface area contributed by atoms with E-state index in [4.69, 9.17) is 0 Å². The Bertz CT molecular complexity index is 953. The molecule has 0 atom stereocenters. The molecule has 0 radical (unpaired) electrons. The van der Waals surface area contributed by atoms with Gasteiger partial charge in [0, 0.05) is 0 Å². The van der Waals surface area contributed by atoms with Gasteiger partial charge in [-0.3, -0.25) is 21.4 Å². The average Bonchev–Trinajstić information content (AvgIpc) is 2.85. The molecule has 0 aliphatic heterocycles. The molecule has 0 N–H and O–H groups in total. The van der Waals surface area contributed by atoms with Crippen molar-refractivity contribution >= 4 is 21.4 Å². The van der Waals surface area contributed by atoms with Gasteiger partial charge >= 0.3 is 30.8 Å². The van der Waals surface area contributed by atoms with Crippen LogP contribution in [0, 0.1) is 0 Å². The van der Waals surface area contributed by atoms with Crippen LogP contribution in [-0.2, 0) is 39.5 Å². The fraction of sp³-hybridized carbons (Fsp3) is 0. The fourth-order valence-electron chi connectivity index (χ4n) is 2.47. The molecule has 0 fully saturated rings. The number of nitrogens with zero attached hydrogens (tertiary/aromatic N) is 2. The zero-order chi connectivity index (χ0) is 24.1. The predicted molar refractivity (Wildman–Crippen MR) is 125 cm³/mol. The van der Waals surface area contributed by atoms with Crippen LogP contribution in [0.15, 0.2) is 141 Å². The molecule has 0 aromatic heterocycles. The molecule has 0 heterocycles. The van der Waals surface area contributed by atoms with Crippen LogP contribution in [-0.4, -0.2) is 0 Å². The Morgan fingerprint density at radius 3 is 0.697 bits per heavy atom. The van der Waals surface area contributed by atoms with Gasteiger partial charge in [-0.2, -0.15) is 0 Å². The Morgan fingerprint density at radius 2 is 0.545 bits per heavy atom. The average molecular weight is 660 g/mol. The first-order valence-corrected chi connectivity index (χ1v) is 16.2. The summed E-state index contributed by atoms with van der Waals surface area (Å²) >= 11 is -7.17. The summed E-state index contributed by atoms with van der Waals surface area (Å²) in [6.45, 7) is 0. The monoisotopic (exact) mass is 660 g/mol. The second kappa shape index (κ2) is 14.0. The molecule has 33 heavy (non-hydrogen) atoms. The van der Waals surface area contributed by atoms with Crippen LogP contribution in [0.3, 0.4) is 0 Å². The Balaban J connectivity index is 0.000000195. The first kappa shape index (κ1) is 26.8. The van der Waals surface area contributed by atoms with Crippen molar-refractivity contribution in [1.82, 2.24) is 0 Å². The molecule has 0 spiro atoms. The summed E-state index contributed by atoms with van der Waals surface area (Å²) in [5, 5.41) is 0. The van der Waals surface area contributed by atoms with Crippen molar-refractivity contribution in [1.29, 1.82) is 0 Å². The molecule has 2 nitrogen and oxygen atoms in total. The Morgan fingerprint density at radius 1 is 0.394 bits per heavy atom. The van der Waals surface area contributed by atoms with Gasteiger partial charge in [0.05, 0.1) is 0 Å². The van der Waals surface area contributed by atoms with E-state index in [0.29, 0.717) is 0 Å². The molecule has 0 aliphatic rings. The van der Waals surface area contributed by atoms with Crippen LogP contribution in [0.2, 0.25) is 0 Å². The van der Waals surface area contributed by atoms with Crippen LogP contribution in [0.5, 0.6) is 0 Å². The topological polar surface area (TPSA) is 44.6 Å². The zero-order valence-corrected chi connectivity index (χ0v) is 21.7. The molecule has 0 saturated heterocycles. The number of hydrogen-bond donors (Lipinski definition) is 0. The molecule has 4 aromatic rings. The summed E-state index contributed by atoms with van der Waals surface area (Å²) in [5.74, 6) is 0. The molecule has 0 amide bonds. The van der Waals surface area contributed by atoms with E-state index in [0.717, 1.165) is 19.6 Å². The number of hydrogen-bond acceptors (Lipinski definition) is 0. The van der Waals surface area contributed by atoms with Gasteiger partial charge in [-0.25, -0.2) is 0 Å². The van der Waals surface area contributed by atoms with Gasteiger partial charge in [-0.1, -0.05) is 121 Å². The third-order valence-electron chi connectivity index (χ3n) is 3.87. The van der Waals surface area contributed by atoms with Crippen LogP contribution >= 0.6 is 0 Å². The molecule has 0 unspecified atom stereocenters. The summed E-state index contributed by atoms with van der Waals surface area (Å²) in [4.78, 5) is 3.83. The minimum atomic E-state index is -7.17. The normalized spacial score (nSPS) is 11.1. The second-order valence-corrected chi connectivity index (χ2v) is 11.7. The molecule has 174 valence electrons. The molecular weight excluding hydrogens is 640 g/mol. The van der Waals surface area contributed by atoms with E-state index in [1.165, 1.54) is 0 Å². The summed E-state index contributed by atoms with van der Waals surface area (Å²) < 4.78 is 59.6. The maximum Gasteiger partial charge on any atom is -0.0147 e. The van der Waals surface area contributed by atoms with E-state index < -0.39 is 39.5 Å². The van der Waals surface area contributed by atoms with Crippen LogP contribution in [0.1, 0.15) is 0 Å². The van der Waals surface area contributed by atoms with E-state index in [2.05, 4.69) is 0 Å². The molecule has 4 rings (SSSR count). The van der Waals surface area contributed by atoms with Crippen LogP contribution in [0.4, 0.5) is 12.6 Å². The van der Waals surface area contributed by atoms with E-state index >= 15 is 0 Å². The van der Waals surface area contributed by atoms with E-state index in [1.54, 1.807) is 0 Å². The SMILES string of the molecule is [F][W]([F])([F])[F].[N-]=S(c1ccccc1)c1ccccc1.[N-]=S(c1ccccc1)c1ccccc1. The molecule has 0 bridgehead atoms. The molecule has 4 aromatic carbocycles. The van der Waals surface area contributed by atoms with Gasteiger partial charge in [0.15, 0.2) is 0 Å². The minimum absolute atomic E-state index is 0.797. The largest absolute Gasteiger partial charge is 0.772 e. The number of halogens is 4. The maximum atomic E-state index is 10.0. The summed E-state index contributed by atoms with van der Waals surface area (Å²) in [6.07, 6.45) is 0. The predicted octanol–water partition coefficient (Wildman–Crippen LogP) is 8.63. The number of rotatable bonds is 4. The van der Waals surface area contributed by atoms with Crippen molar-refractivity contribution in [2.75, 3.05) is 0 Å². The molecular formula is C24H20F4N2S2W-2. The fourth-order valence-corrected chi connectivity index (χ4v) is 4.67. The minimum Gasteiger partial charge on any atom is -0.772 e. The third-order valence-corrected chi connectivity index (χ3v) is 6.74. The zero-order valence-electron chi connectivity index (χ0n) is 17.2. The first-order chi connectivity index (χ1) is 15.8. The quantitative estimate of drug-likeness (QED) is 0.197. The smallest absolute Gasteiger partial charge is 0.0147 e. The van der Waals surface area contributed by atoms with Crippen molar-refractivity contribution in [2.24, 2.45) is 0 Å². The second-order valence-electron chi connectivity index (χ2n) is 6.17. The van der Waals surface area contributed by atoms with Crippen molar-refractivity contribution in [2.45, 2.75) is 19.6 Å². The summed E-state index contributed by atoms with van der Waals surface area (Å²) in [6, 6.07) is 38.8. The van der Waals surface area contributed by atoms with Crippen LogP contribution in [0.25, 0.3) is 9.56 Å². The summed E-state index contributed by atoms with van der Waals surface area (Å²) in [7, 11) is -1.59. The van der Waals surface area contributed by atoms with Gasteiger partial charge < -0.3 is 9.56 Å². The van der Waals surface area contributed by atoms with Crippen molar-refractivity contribution in [3.63, 3.8) is 0 Å². The molecule has 9 heteroatoms. The maximum absolute atomic E-state index is 10.0. The van der Waals surface area contributed by atoms with Crippen molar-refractivity contribution in [3.05, 3.63) is 131 Å². The Kier molecular flexibility index (Phi) is 11.4. The van der Waals surface area contributed by atoms with E-state index in [9.17, 15) is 22.2 Å². The van der Waals surface area contributed by atoms with Crippen LogP contribution < -0.4 is 0 Å². The van der Waals surface area contributed by atoms with Gasteiger partial charge in [-0.05, 0) is 19.6 Å². The van der Waals surface area contributed by atoms with Gasteiger partial charge in [0.25, 0.3) is 0 Å². The Labute approximate surface area is 201 Å². The third kappa shape index (κ3) is 10.8. The van der Waals surface area contributed by atoms with E-state index in [-0.39, 0.29) is 0 Å². The van der Waals surface area contributed by atoms with Crippen molar-refractivity contribution < 1.29 is 30.8 Å². The van der Waals surface area contributed by atoms with Gasteiger partial charge in [0.1, 0.15) is 0 Å². The summed E-state index contributed by atoms with van der Waals surface area (Å²) in [5.41, 5.74) is 0. The Hall–Kier alpha value is -2.41.